The Kier molecular flexibility index (Phi) is 5.10. The monoisotopic (exact) mass is 238 g/mol. The van der Waals surface area contributed by atoms with E-state index in [1.807, 2.05) is 19.0 Å². The van der Waals surface area contributed by atoms with Crippen molar-refractivity contribution in [3.8, 4) is 0 Å². The molecule has 0 radical (unpaired) electrons. The van der Waals surface area contributed by atoms with E-state index in [9.17, 15) is 9.18 Å². The minimum Gasteiger partial charge on any atom is -0.344 e. The van der Waals surface area contributed by atoms with Gasteiger partial charge in [-0.05, 0) is 31.8 Å². The predicted octanol–water partition coefficient (Wildman–Crippen LogP) is 1.39. The Balaban J connectivity index is 2.45. The molecule has 94 valence electrons. The summed E-state index contributed by atoms with van der Waals surface area (Å²) in [7, 11) is 5.73. The van der Waals surface area contributed by atoms with Crippen LogP contribution in [0.4, 0.5) is 4.39 Å². The van der Waals surface area contributed by atoms with E-state index < -0.39 is 0 Å². The highest BCUT2D eigenvalue weighted by Gasteiger charge is 2.09. The Morgan fingerprint density at radius 2 is 1.71 bits per heavy atom. The first-order valence-electron chi connectivity index (χ1n) is 5.62. The van der Waals surface area contributed by atoms with Crippen LogP contribution >= 0.6 is 0 Å². The number of rotatable bonds is 5. The Labute approximate surface area is 102 Å². The normalized spacial score (nSPS) is 10.6. The van der Waals surface area contributed by atoms with Gasteiger partial charge in [-0.1, -0.05) is 12.1 Å². The number of hydrogen-bond acceptors (Lipinski definition) is 2. The fraction of sp³-hybridized carbons (Fsp3) is 0.462. The zero-order valence-corrected chi connectivity index (χ0v) is 10.6. The van der Waals surface area contributed by atoms with Gasteiger partial charge in [-0.2, -0.15) is 0 Å². The van der Waals surface area contributed by atoms with E-state index in [0.29, 0.717) is 13.0 Å². The minimum absolute atomic E-state index is 0.0541. The molecule has 1 aromatic carbocycles. The lowest BCUT2D eigenvalue weighted by Crippen LogP contribution is -2.34. The third-order valence-corrected chi connectivity index (χ3v) is 2.58. The number of likely N-dealkylation sites (N-methyl/N-ethyl adjacent to an activating group) is 2. The molecule has 3 nitrogen and oxygen atoms in total. The number of hydrogen-bond donors (Lipinski definition) is 0. The fourth-order valence-electron chi connectivity index (χ4n) is 1.39. The lowest BCUT2D eigenvalue weighted by molar-refractivity contribution is -0.129. The van der Waals surface area contributed by atoms with Gasteiger partial charge in [-0.15, -0.1) is 0 Å². The van der Waals surface area contributed by atoms with E-state index in [1.165, 1.54) is 12.1 Å². The SMILES string of the molecule is CN(C)CCN(C)C(=O)Cc1ccc(F)cc1. The molecule has 0 unspecified atom stereocenters. The number of amides is 1. The molecule has 17 heavy (non-hydrogen) atoms. The molecule has 0 aromatic heterocycles. The lowest BCUT2D eigenvalue weighted by atomic mass is 10.1. The average Bonchev–Trinajstić information content (AvgIpc) is 2.28. The van der Waals surface area contributed by atoms with Gasteiger partial charge in [0.1, 0.15) is 5.82 Å². The van der Waals surface area contributed by atoms with Crippen molar-refractivity contribution < 1.29 is 9.18 Å². The van der Waals surface area contributed by atoms with Gasteiger partial charge in [-0.25, -0.2) is 4.39 Å². The van der Waals surface area contributed by atoms with Crippen LogP contribution in [0.2, 0.25) is 0 Å². The molecule has 0 bridgehead atoms. The van der Waals surface area contributed by atoms with Gasteiger partial charge >= 0.3 is 0 Å². The van der Waals surface area contributed by atoms with Gasteiger partial charge in [0.15, 0.2) is 0 Å². The number of carbonyl (C=O) groups excluding carboxylic acids is 1. The van der Waals surface area contributed by atoms with E-state index in [0.717, 1.165) is 12.1 Å². The number of halogens is 1. The molecule has 0 spiro atoms. The summed E-state index contributed by atoms with van der Waals surface area (Å²) in [6, 6.07) is 6.05. The highest BCUT2D eigenvalue weighted by molar-refractivity contribution is 5.78. The number of benzene rings is 1. The van der Waals surface area contributed by atoms with E-state index in [4.69, 9.17) is 0 Å². The molecular formula is C13H19FN2O. The molecule has 1 amide bonds. The van der Waals surface area contributed by atoms with Crippen molar-refractivity contribution >= 4 is 5.91 Å². The van der Waals surface area contributed by atoms with Crippen LogP contribution < -0.4 is 0 Å². The standard InChI is InChI=1S/C13H19FN2O/c1-15(2)8-9-16(3)13(17)10-11-4-6-12(14)7-5-11/h4-7H,8-10H2,1-3H3. The largest absolute Gasteiger partial charge is 0.344 e. The Bertz CT molecular complexity index is 362. The van der Waals surface area contributed by atoms with E-state index in [-0.39, 0.29) is 11.7 Å². The van der Waals surface area contributed by atoms with Crippen molar-refractivity contribution in [1.29, 1.82) is 0 Å². The van der Waals surface area contributed by atoms with Crippen molar-refractivity contribution in [2.24, 2.45) is 0 Å². The van der Waals surface area contributed by atoms with Crippen LogP contribution in [0, 0.1) is 5.82 Å². The molecule has 0 N–H and O–H groups in total. The fourth-order valence-corrected chi connectivity index (χ4v) is 1.39. The molecule has 4 heteroatoms. The van der Waals surface area contributed by atoms with Crippen LogP contribution in [0.5, 0.6) is 0 Å². The maximum Gasteiger partial charge on any atom is 0.226 e. The zero-order chi connectivity index (χ0) is 12.8. The van der Waals surface area contributed by atoms with Crippen LogP contribution in [0.25, 0.3) is 0 Å². The maximum atomic E-state index is 12.7. The second-order valence-electron chi connectivity index (χ2n) is 4.42. The van der Waals surface area contributed by atoms with Crippen molar-refractivity contribution in [2.75, 3.05) is 34.2 Å². The highest BCUT2D eigenvalue weighted by Crippen LogP contribution is 2.05. The summed E-state index contributed by atoms with van der Waals surface area (Å²) < 4.78 is 12.7. The third kappa shape index (κ3) is 4.95. The van der Waals surface area contributed by atoms with Gasteiger partial charge in [0, 0.05) is 20.1 Å². The van der Waals surface area contributed by atoms with Gasteiger partial charge in [-0.3, -0.25) is 4.79 Å². The maximum absolute atomic E-state index is 12.7. The third-order valence-electron chi connectivity index (χ3n) is 2.58. The van der Waals surface area contributed by atoms with Gasteiger partial charge in [0.05, 0.1) is 6.42 Å². The second kappa shape index (κ2) is 6.35. The summed E-state index contributed by atoms with van der Waals surface area (Å²) in [5.74, 6) is -0.222. The number of nitrogens with zero attached hydrogens (tertiary/aromatic N) is 2. The van der Waals surface area contributed by atoms with Crippen molar-refractivity contribution in [2.45, 2.75) is 6.42 Å². The van der Waals surface area contributed by atoms with Gasteiger partial charge in [0.2, 0.25) is 5.91 Å². The molecule has 0 aliphatic carbocycles. The smallest absolute Gasteiger partial charge is 0.226 e. The molecular weight excluding hydrogens is 219 g/mol. The second-order valence-corrected chi connectivity index (χ2v) is 4.42. The minimum atomic E-state index is -0.276. The van der Waals surface area contributed by atoms with Gasteiger partial charge in [0.25, 0.3) is 0 Å². The highest BCUT2D eigenvalue weighted by atomic mass is 19.1. The average molecular weight is 238 g/mol. The summed E-state index contributed by atoms with van der Waals surface area (Å²) >= 11 is 0. The predicted molar refractivity (Wildman–Crippen MR) is 66.3 cm³/mol. The van der Waals surface area contributed by atoms with E-state index >= 15 is 0 Å². The molecule has 0 saturated carbocycles. The molecule has 0 fully saturated rings. The van der Waals surface area contributed by atoms with Crippen LogP contribution in [-0.2, 0) is 11.2 Å². The molecule has 1 rings (SSSR count). The zero-order valence-electron chi connectivity index (χ0n) is 10.6. The molecule has 0 saturated heterocycles. The van der Waals surface area contributed by atoms with Crippen LogP contribution in [0.1, 0.15) is 5.56 Å². The molecule has 0 aliphatic rings. The van der Waals surface area contributed by atoms with E-state index in [2.05, 4.69) is 0 Å². The molecule has 1 aromatic rings. The van der Waals surface area contributed by atoms with Crippen LogP contribution in [0.15, 0.2) is 24.3 Å². The Morgan fingerprint density at radius 3 is 2.24 bits per heavy atom. The first kappa shape index (κ1) is 13.6. The summed E-state index contributed by atoms with van der Waals surface area (Å²) in [6.07, 6.45) is 0.324. The lowest BCUT2D eigenvalue weighted by Gasteiger charge is -2.19. The number of carbonyl (C=O) groups is 1. The first-order chi connectivity index (χ1) is 7.99. The van der Waals surface area contributed by atoms with Crippen LogP contribution in [0.3, 0.4) is 0 Å². The Hall–Kier alpha value is -1.42. The van der Waals surface area contributed by atoms with Crippen molar-refractivity contribution in [3.63, 3.8) is 0 Å². The summed E-state index contributed by atoms with van der Waals surface area (Å²) in [5, 5.41) is 0. The molecule has 0 aliphatic heterocycles. The molecule has 0 heterocycles. The first-order valence-corrected chi connectivity index (χ1v) is 5.62. The van der Waals surface area contributed by atoms with Gasteiger partial charge < -0.3 is 9.80 Å². The summed E-state index contributed by atoms with van der Waals surface area (Å²) in [4.78, 5) is 15.6. The van der Waals surface area contributed by atoms with E-state index in [1.54, 1.807) is 24.1 Å². The summed E-state index contributed by atoms with van der Waals surface area (Å²) in [6.45, 7) is 1.54. The van der Waals surface area contributed by atoms with Crippen molar-refractivity contribution in [3.05, 3.63) is 35.6 Å². The molecule has 0 atom stereocenters. The quantitative estimate of drug-likeness (QED) is 0.774. The van der Waals surface area contributed by atoms with Crippen LogP contribution in [-0.4, -0.2) is 49.9 Å². The summed E-state index contributed by atoms with van der Waals surface area (Å²) in [5.41, 5.74) is 0.841. The van der Waals surface area contributed by atoms with Crippen molar-refractivity contribution in [1.82, 2.24) is 9.80 Å². The topological polar surface area (TPSA) is 23.6 Å². The Morgan fingerprint density at radius 1 is 1.12 bits per heavy atom.